The number of benzene rings is 1. The molecule has 0 heterocycles. The van der Waals surface area contributed by atoms with E-state index in [4.69, 9.17) is 0 Å². The predicted octanol–water partition coefficient (Wildman–Crippen LogP) is 4.28. The maximum atomic E-state index is 3.78. The van der Waals surface area contributed by atoms with Crippen LogP contribution in [-0.4, -0.2) is 13.1 Å². The lowest BCUT2D eigenvalue weighted by molar-refractivity contribution is 0.309. The van der Waals surface area contributed by atoms with Crippen LogP contribution in [-0.2, 0) is 6.42 Å². The molecule has 1 atom stereocenters. The van der Waals surface area contributed by atoms with Gasteiger partial charge >= 0.3 is 0 Å². The third-order valence-corrected chi connectivity index (χ3v) is 5.25. The van der Waals surface area contributed by atoms with E-state index in [9.17, 15) is 0 Å². The van der Waals surface area contributed by atoms with Crippen molar-refractivity contribution in [1.82, 2.24) is 5.32 Å². The molecule has 0 aromatic heterocycles. The lowest BCUT2D eigenvalue weighted by atomic mass is 9.82. The quantitative estimate of drug-likeness (QED) is 0.849. The highest BCUT2D eigenvalue weighted by Crippen LogP contribution is 2.37. The fourth-order valence-corrected chi connectivity index (χ4v) is 4.02. The van der Waals surface area contributed by atoms with Gasteiger partial charge in [-0.25, -0.2) is 0 Å². The van der Waals surface area contributed by atoms with Crippen LogP contribution in [0, 0.1) is 5.41 Å². The van der Waals surface area contributed by atoms with E-state index < -0.39 is 0 Å². The molecule has 1 fully saturated rings. The van der Waals surface area contributed by atoms with Gasteiger partial charge < -0.3 is 5.32 Å². The molecule has 0 bridgehead atoms. The van der Waals surface area contributed by atoms with Crippen molar-refractivity contribution in [3.05, 3.63) is 35.4 Å². The molecule has 1 N–H and O–H groups in total. The minimum atomic E-state index is 0.578. The van der Waals surface area contributed by atoms with Crippen molar-refractivity contribution < 1.29 is 0 Å². The van der Waals surface area contributed by atoms with E-state index in [0.717, 1.165) is 5.92 Å². The topological polar surface area (TPSA) is 12.0 Å². The third kappa shape index (κ3) is 3.02. The van der Waals surface area contributed by atoms with Crippen LogP contribution in [0.25, 0.3) is 0 Å². The van der Waals surface area contributed by atoms with Crippen LogP contribution in [0.5, 0.6) is 0 Å². The largest absolute Gasteiger partial charge is 0.316 e. The molecule has 1 nitrogen and oxygen atoms in total. The lowest BCUT2D eigenvalue weighted by Gasteiger charge is -2.29. The molecule has 0 saturated heterocycles. The summed E-state index contributed by atoms with van der Waals surface area (Å²) in [4.78, 5) is 0. The van der Waals surface area contributed by atoms with Gasteiger partial charge in [0, 0.05) is 13.1 Å². The zero-order valence-electron chi connectivity index (χ0n) is 12.3. The van der Waals surface area contributed by atoms with Crippen LogP contribution in [0.2, 0.25) is 0 Å². The molecule has 0 amide bonds. The first kappa shape index (κ1) is 13.2. The van der Waals surface area contributed by atoms with Gasteiger partial charge in [0.15, 0.2) is 0 Å². The fraction of sp³-hybridized carbons (Fsp3) is 0.667. The fourth-order valence-electron chi connectivity index (χ4n) is 4.02. The van der Waals surface area contributed by atoms with Gasteiger partial charge in [-0.1, -0.05) is 44.0 Å². The van der Waals surface area contributed by atoms with E-state index in [-0.39, 0.29) is 0 Å². The van der Waals surface area contributed by atoms with Gasteiger partial charge in [0.2, 0.25) is 0 Å². The molecule has 1 unspecified atom stereocenters. The van der Waals surface area contributed by atoms with Crippen molar-refractivity contribution in [2.24, 2.45) is 5.41 Å². The van der Waals surface area contributed by atoms with Gasteiger partial charge in [-0.15, -0.1) is 0 Å². The summed E-state index contributed by atoms with van der Waals surface area (Å²) in [5.74, 6) is 0.745. The summed E-state index contributed by atoms with van der Waals surface area (Å²) >= 11 is 0. The smallest absolute Gasteiger partial charge is 0.00204 e. The van der Waals surface area contributed by atoms with Crippen LogP contribution < -0.4 is 5.32 Å². The monoisotopic (exact) mass is 257 g/mol. The molecule has 2 aliphatic carbocycles. The zero-order valence-corrected chi connectivity index (χ0v) is 12.3. The zero-order chi connectivity index (χ0) is 13.1. The highest BCUT2D eigenvalue weighted by atomic mass is 14.9. The molecule has 0 aliphatic heterocycles. The minimum Gasteiger partial charge on any atom is -0.316 e. The Bertz CT molecular complexity index is 417. The maximum Gasteiger partial charge on any atom is 0.00204 e. The molecule has 1 heteroatoms. The van der Waals surface area contributed by atoms with Gasteiger partial charge in [0.05, 0.1) is 0 Å². The van der Waals surface area contributed by atoms with Crippen molar-refractivity contribution in [2.75, 3.05) is 13.1 Å². The Morgan fingerprint density at radius 2 is 1.95 bits per heavy atom. The van der Waals surface area contributed by atoms with Crippen LogP contribution in [0.4, 0.5) is 0 Å². The van der Waals surface area contributed by atoms with Crippen molar-refractivity contribution >= 4 is 0 Å². The molecule has 1 saturated carbocycles. The van der Waals surface area contributed by atoms with E-state index >= 15 is 0 Å². The molecule has 0 radical (unpaired) electrons. The Morgan fingerprint density at radius 1 is 1.16 bits per heavy atom. The second kappa shape index (κ2) is 5.66. The summed E-state index contributed by atoms with van der Waals surface area (Å²) < 4.78 is 0. The van der Waals surface area contributed by atoms with Crippen LogP contribution in [0.3, 0.4) is 0 Å². The number of nitrogens with one attached hydrogen (secondary N) is 1. The van der Waals surface area contributed by atoms with Crippen LogP contribution in [0.1, 0.15) is 62.5 Å². The van der Waals surface area contributed by atoms with Crippen LogP contribution in [0.15, 0.2) is 24.3 Å². The lowest BCUT2D eigenvalue weighted by Crippen LogP contribution is -2.33. The number of rotatable bonds is 4. The Morgan fingerprint density at radius 3 is 2.79 bits per heavy atom. The Kier molecular flexibility index (Phi) is 3.93. The average molecular weight is 257 g/mol. The van der Waals surface area contributed by atoms with Crippen LogP contribution >= 0.6 is 0 Å². The first-order valence-corrected chi connectivity index (χ1v) is 8.05. The summed E-state index contributed by atoms with van der Waals surface area (Å²) in [5.41, 5.74) is 3.78. The van der Waals surface area contributed by atoms with E-state index in [1.165, 1.54) is 58.0 Å². The minimum absolute atomic E-state index is 0.578. The molecule has 0 spiro atoms. The normalized spacial score (nSPS) is 25.2. The van der Waals surface area contributed by atoms with Gasteiger partial charge in [0.1, 0.15) is 0 Å². The third-order valence-electron chi connectivity index (χ3n) is 5.25. The second-order valence-electron chi connectivity index (χ2n) is 6.94. The summed E-state index contributed by atoms with van der Waals surface area (Å²) in [6, 6.07) is 9.06. The summed E-state index contributed by atoms with van der Waals surface area (Å²) in [5, 5.41) is 3.78. The van der Waals surface area contributed by atoms with E-state index in [2.05, 4.69) is 36.5 Å². The average Bonchev–Trinajstić information content (AvgIpc) is 2.86. The summed E-state index contributed by atoms with van der Waals surface area (Å²) in [6.45, 7) is 4.85. The highest BCUT2D eigenvalue weighted by Gasteiger charge is 2.28. The van der Waals surface area contributed by atoms with Gasteiger partial charge in [0.25, 0.3) is 0 Å². The first-order chi connectivity index (χ1) is 9.27. The van der Waals surface area contributed by atoms with Gasteiger partial charge in [-0.3, -0.25) is 0 Å². The summed E-state index contributed by atoms with van der Waals surface area (Å²) in [6.07, 6.45) is 9.71. The molecule has 104 valence electrons. The number of hydrogen-bond donors (Lipinski definition) is 1. The number of fused-ring (bicyclic) bond motifs is 1. The van der Waals surface area contributed by atoms with Gasteiger partial charge in [-0.05, 0) is 54.6 Å². The standard InChI is InChI=1S/C18H27N/c1-18(11-4-5-12-18)14-19-13-16-9-6-8-15-7-2-3-10-17(15)16/h2-3,7,10,16,19H,4-6,8-9,11-14H2,1H3. The van der Waals surface area contributed by atoms with E-state index in [1.54, 1.807) is 11.1 Å². The van der Waals surface area contributed by atoms with Crippen molar-refractivity contribution in [3.8, 4) is 0 Å². The second-order valence-corrected chi connectivity index (χ2v) is 6.94. The summed E-state index contributed by atoms with van der Waals surface area (Å²) in [7, 11) is 0. The maximum absolute atomic E-state index is 3.78. The Balaban J connectivity index is 1.56. The van der Waals surface area contributed by atoms with E-state index in [0.29, 0.717) is 5.41 Å². The van der Waals surface area contributed by atoms with Crippen molar-refractivity contribution in [2.45, 2.75) is 57.8 Å². The first-order valence-electron chi connectivity index (χ1n) is 8.05. The Hall–Kier alpha value is -0.820. The molecule has 19 heavy (non-hydrogen) atoms. The van der Waals surface area contributed by atoms with Crippen molar-refractivity contribution in [1.29, 1.82) is 0 Å². The number of aryl methyl sites for hydroxylation is 1. The molecular formula is C18H27N. The highest BCUT2D eigenvalue weighted by molar-refractivity contribution is 5.32. The Labute approximate surface area is 117 Å². The molecule has 1 aromatic rings. The molecule has 2 aliphatic rings. The van der Waals surface area contributed by atoms with E-state index in [1.807, 2.05) is 0 Å². The molecule has 3 rings (SSSR count). The molecule has 1 aromatic carbocycles. The predicted molar refractivity (Wildman–Crippen MR) is 81.6 cm³/mol. The molecular weight excluding hydrogens is 230 g/mol. The van der Waals surface area contributed by atoms with Crippen molar-refractivity contribution in [3.63, 3.8) is 0 Å². The SMILES string of the molecule is CC1(CNCC2CCCc3ccccc32)CCCC1. The number of hydrogen-bond acceptors (Lipinski definition) is 1. The van der Waals surface area contributed by atoms with Gasteiger partial charge in [-0.2, -0.15) is 0 Å².